The van der Waals surface area contributed by atoms with Gasteiger partial charge in [0.05, 0.1) is 6.61 Å². The highest BCUT2D eigenvalue weighted by Crippen LogP contribution is 2.36. The molecule has 0 bridgehead atoms. The maximum Gasteiger partial charge on any atom is 0.294 e. The molecule has 6 nitrogen and oxygen atoms in total. The fourth-order valence-corrected chi connectivity index (χ4v) is 4.43. The minimum atomic E-state index is -0.402. The van der Waals surface area contributed by atoms with Crippen LogP contribution in [0.5, 0.6) is 0 Å². The number of hydrogen-bond acceptors (Lipinski definition) is 4. The minimum Gasteiger partial charge on any atom is -0.450 e. The molecule has 1 aromatic heterocycles. The van der Waals surface area contributed by atoms with Gasteiger partial charge in [-0.05, 0) is 60.9 Å². The zero-order valence-electron chi connectivity index (χ0n) is 18.6. The molecule has 0 radical (unpaired) electrons. The lowest BCUT2D eigenvalue weighted by Gasteiger charge is -2.30. The summed E-state index contributed by atoms with van der Waals surface area (Å²) in [6, 6.07) is 18.4. The lowest BCUT2D eigenvalue weighted by atomic mass is 9.98. The molecule has 0 fully saturated rings. The first-order chi connectivity index (χ1) is 16.6. The van der Waals surface area contributed by atoms with E-state index in [2.05, 4.69) is 5.32 Å². The average molecular weight is 458 g/mol. The molecule has 1 aliphatic rings. The second-order valence-electron chi connectivity index (χ2n) is 8.16. The maximum atomic E-state index is 13.7. The summed E-state index contributed by atoms with van der Waals surface area (Å²) in [4.78, 5) is 28.1. The van der Waals surface area contributed by atoms with Gasteiger partial charge in [-0.3, -0.25) is 9.59 Å². The molecular formula is C27H23FN2O4. The minimum absolute atomic E-state index is 0.244. The van der Waals surface area contributed by atoms with E-state index in [-0.39, 0.29) is 24.2 Å². The van der Waals surface area contributed by atoms with E-state index in [0.29, 0.717) is 29.8 Å². The SMILES string of the molecule is COCc1c(C(=O)N2CCCc3c(NC(=O)c4ccc(F)cc4)cccc32)oc2ccccc12. The van der Waals surface area contributed by atoms with Crippen molar-refractivity contribution in [2.45, 2.75) is 19.4 Å². The normalized spacial score (nSPS) is 13.1. The largest absolute Gasteiger partial charge is 0.450 e. The van der Waals surface area contributed by atoms with Crippen molar-refractivity contribution in [3.05, 3.63) is 95.0 Å². The molecule has 5 rings (SSSR count). The van der Waals surface area contributed by atoms with Crippen LogP contribution in [0.1, 0.15) is 38.5 Å². The number of carbonyl (C=O) groups excluding carboxylic acids is 2. The van der Waals surface area contributed by atoms with Crippen molar-refractivity contribution in [3.8, 4) is 0 Å². The summed E-state index contributed by atoms with van der Waals surface area (Å²) >= 11 is 0. The molecule has 1 aliphatic heterocycles. The number of nitrogens with one attached hydrogen (secondary N) is 1. The average Bonchev–Trinajstić information content (AvgIpc) is 3.22. The summed E-state index contributed by atoms with van der Waals surface area (Å²) in [5.41, 5.74) is 3.95. The number of benzene rings is 3. The number of furan rings is 1. The molecule has 0 atom stereocenters. The Hall–Kier alpha value is -3.97. The number of halogens is 1. The molecule has 2 amide bonds. The van der Waals surface area contributed by atoms with E-state index in [1.54, 1.807) is 18.1 Å². The van der Waals surface area contributed by atoms with E-state index >= 15 is 0 Å². The van der Waals surface area contributed by atoms with Gasteiger partial charge in [-0.25, -0.2) is 4.39 Å². The third kappa shape index (κ3) is 3.95. The van der Waals surface area contributed by atoms with Crippen LogP contribution in [-0.2, 0) is 17.8 Å². The van der Waals surface area contributed by atoms with Gasteiger partial charge in [0.15, 0.2) is 5.76 Å². The number of fused-ring (bicyclic) bond motifs is 2. The van der Waals surface area contributed by atoms with Gasteiger partial charge in [0.2, 0.25) is 0 Å². The summed E-state index contributed by atoms with van der Waals surface area (Å²) < 4.78 is 24.5. The number of hydrogen-bond donors (Lipinski definition) is 1. The van der Waals surface area contributed by atoms with Crippen molar-refractivity contribution < 1.29 is 23.1 Å². The van der Waals surface area contributed by atoms with Gasteiger partial charge in [0.1, 0.15) is 11.4 Å². The first-order valence-electron chi connectivity index (χ1n) is 11.1. The molecule has 1 N–H and O–H groups in total. The van der Waals surface area contributed by atoms with Crippen LogP contribution in [0.2, 0.25) is 0 Å². The van der Waals surface area contributed by atoms with Crippen LogP contribution in [0.25, 0.3) is 11.0 Å². The van der Waals surface area contributed by atoms with Crippen molar-refractivity contribution >= 4 is 34.2 Å². The smallest absolute Gasteiger partial charge is 0.294 e. The Morgan fingerprint density at radius 3 is 2.65 bits per heavy atom. The number of methoxy groups -OCH3 is 1. The Morgan fingerprint density at radius 2 is 1.85 bits per heavy atom. The van der Waals surface area contributed by atoms with Gasteiger partial charge in [0, 0.05) is 41.5 Å². The Labute approximate surface area is 195 Å². The van der Waals surface area contributed by atoms with Crippen LogP contribution in [0, 0.1) is 5.82 Å². The molecule has 0 aliphatic carbocycles. The highest BCUT2D eigenvalue weighted by molar-refractivity contribution is 6.10. The van der Waals surface area contributed by atoms with Gasteiger partial charge in [-0.2, -0.15) is 0 Å². The van der Waals surface area contributed by atoms with Gasteiger partial charge < -0.3 is 19.4 Å². The molecule has 0 saturated heterocycles. The summed E-state index contributed by atoms with van der Waals surface area (Å²) in [5.74, 6) is -0.722. The van der Waals surface area contributed by atoms with E-state index < -0.39 is 5.82 Å². The summed E-state index contributed by atoms with van der Waals surface area (Å²) in [6.45, 7) is 0.789. The fourth-order valence-electron chi connectivity index (χ4n) is 4.43. The van der Waals surface area contributed by atoms with Gasteiger partial charge in [0.25, 0.3) is 11.8 Å². The standard InChI is InChI=1S/C27H23FN2O4/c1-33-16-21-19-6-2-3-10-24(19)34-25(21)27(32)30-15-5-7-20-22(8-4-9-23(20)30)29-26(31)17-11-13-18(28)14-12-17/h2-4,6,8-14H,5,7,15-16H2,1H3,(H,29,31). The van der Waals surface area contributed by atoms with Gasteiger partial charge in [-0.15, -0.1) is 0 Å². The van der Waals surface area contributed by atoms with Crippen LogP contribution in [0.3, 0.4) is 0 Å². The van der Waals surface area contributed by atoms with Crippen molar-refractivity contribution in [3.63, 3.8) is 0 Å². The number of carbonyl (C=O) groups is 2. The Balaban J connectivity index is 1.48. The second kappa shape index (κ2) is 9.11. The molecule has 0 spiro atoms. The van der Waals surface area contributed by atoms with Gasteiger partial charge in [-0.1, -0.05) is 24.3 Å². The number of para-hydroxylation sites is 1. The summed E-state index contributed by atoms with van der Waals surface area (Å²) in [5, 5.41) is 3.77. The van der Waals surface area contributed by atoms with E-state index in [9.17, 15) is 14.0 Å². The summed E-state index contributed by atoms with van der Waals surface area (Å²) in [7, 11) is 1.59. The first kappa shape index (κ1) is 21.9. The van der Waals surface area contributed by atoms with Crippen molar-refractivity contribution in [1.29, 1.82) is 0 Å². The zero-order chi connectivity index (χ0) is 23.7. The maximum absolute atomic E-state index is 13.7. The Kier molecular flexibility index (Phi) is 5.86. The number of ether oxygens (including phenoxy) is 1. The molecule has 0 unspecified atom stereocenters. The molecule has 3 aromatic carbocycles. The molecular weight excluding hydrogens is 435 g/mol. The predicted octanol–water partition coefficient (Wildman–Crippen LogP) is 5.56. The zero-order valence-corrected chi connectivity index (χ0v) is 18.6. The molecule has 2 heterocycles. The molecule has 34 heavy (non-hydrogen) atoms. The Bertz CT molecular complexity index is 1380. The fraction of sp³-hybridized carbons (Fsp3) is 0.185. The Morgan fingerprint density at radius 1 is 1.06 bits per heavy atom. The lowest BCUT2D eigenvalue weighted by molar-refractivity contribution is 0.0953. The van der Waals surface area contributed by atoms with Crippen molar-refractivity contribution in [1.82, 2.24) is 0 Å². The van der Waals surface area contributed by atoms with Crippen molar-refractivity contribution in [2.24, 2.45) is 0 Å². The monoisotopic (exact) mass is 458 g/mol. The van der Waals surface area contributed by atoms with Crippen LogP contribution in [-0.4, -0.2) is 25.5 Å². The van der Waals surface area contributed by atoms with Crippen LogP contribution in [0.4, 0.5) is 15.8 Å². The van der Waals surface area contributed by atoms with Crippen molar-refractivity contribution in [2.75, 3.05) is 23.9 Å². The van der Waals surface area contributed by atoms with E-state index in [1.807, 2.05) is 36.4 Å². The summed E-state index contributed by atoms with van der Waals surface area (Å²) in [6.07, 6.45) is 1.45. The quantitative estimate of drug-likeness (QED) is 0.425. The van der Waals surface area contributed by atoms with Crippen LogP contribution < -0.4 is 10.2 Å². The van der Waals surface area contributed by atoms with Crippen LogP contribution in [0.15, 0.2) is 71.1 Å². The van der Waals surface area contributed by atoms with E-state index in [4.69, 9.17) is 9.15 Å². The molecule has 172 valence electrons. The third-order valence-corrected chi connectivity index (χ3v) is 6.03. The topological polar surface area (TPSA) is 71.8 Å². The number of nitrogens with zero attached hydrogens (tertiary/aromatic N) is 1. The second-order valence-corrected chi connectivity index (χ2v) is 8.16. The predicted molar refractivity (Wildman–Crippen MR) is 128 cm³/mol. The molecule has 7 heteroatoms. The number of rotatable bonds is 5. The first-order valence-corrected chi connectivity index (χ1v) is 11.1. The molecule has 4 aromatic rings. The third-order valence-electron chi connectivity index (χ3n) is 6.03. The van der Waals surface area contributed by atoms with Gasteiger partial charge >= 0.3 is 0 Å². The van der Waals surface area contributed by atoms with E-state index in [0.717, 1.165) is 28.6 Å². The lowest BCUT2D eigenvalue weighted by Crippen LogP contribution is -2.36. The highest BCUT2D eigenvalue weighted by Gasteiger charge is 2.30. The van der Waals surface area contributed by atoms with E-state index in [1.165, 1.54) is 24.3 Å². The number of anilines is 2. The highest BCUT2D eigenvalue weighted by atomic mass is 19.1. The molecule has 0 saturated carbocycles. The van der Waals surface area contributed by atoms with Crippen LogP contribution >= 0.6 is 0 Å². The number of amides is 2.